The molecule has 2 aromatic rings. The first-order chi connectivity index (χ1) is 9.20. The molecule has 0 spiro atoms. The number of nitrogens with zero attached hydrogens (tertiary/aromatic N) is 4. The maximum absolute atomic E-state index is 4.41. The summed E-state index contributed by atoms with van der Waals surface area (Å²) in [6, 6.07) is 0. The lowest BCUT2D eigenvalue weighted by Crippen LogP contribution is -2.18. The Morgan fingerprint density at radius 1 is 1.32 bits per heavy atom. The molecule has 5 nitrogen and oxygen atoms in total. The predicted octanol–water partition coefficient (Wildman–Crippen LogP) is 1.67. The van der Waals surface area contributed by atoms with Crippen LogP contribution >= 0.6 is 0 Å². The van der Waals surface area contributed by atoms with E-state index in [-0.39, 0.29) is 0 Å². The summed E-state index contributed by atoms with van der Waals surface area (Å²) in [5.74, 6) is 1.08. The zero-order valence-electron chi connectivity index (χ0n) is 12.1. The van der Waals surface area contributed by atoms with Gasteiger partial charge in [-0.05, 0) is 31.9 Å². The quantitative estimate of drug-likeness (QED) is 0.771. The third-order valence-corrected chi connectivity index (χ3v) is 3.25. The van der Waals surface area contributed by atoms with Gasteiger partial charge in [0, 0.05) is 32.5 Å². The molecular weight excluding hydrogens is 238 g/mol. The molecule has 1 N–H and O–H groups in total. The van der Waals surface area contributed by atoms with Crippen LogP contribution in [-0.4, -0.2) is 25.9 Å². The van der Waals surface area contributed by atoms with E-state index in [2.05, 4.69) is 40.0 Å². The van der Waals surface area contributed by atoms with E-state index in [9.17, 15) is 0 Å². The molecule has 0 saturated heterocycles. The van der Waals surface area contributed by atoms with Crippen molar-refractivity contribution in [2.45, 2.75) is 39.8 Å². The third-order valence-electron chi connectivity index (χ3n) is 3.25. The minimum absolute atomic E-state index is 0.891. The molecule has 0 radical (unpaired) electrons. The van der Waals surface area contributed by atoms with E-state index in [1.165, 1.54) is 11.3 Å². The van der Waals surface area contributed by atoms with Gasteiger partial charge in [0.15, 0.2) is 0 Å². The molecule has 0 fully saturated rings. The summed E-state index contributed by atoms with van der Waals surface area (Å²) in [4.78, 5) is 4.41. The van der Waals surface area contributed by atoms with E-state index in [0.29, 0.717) is 0 Å². The van der Waals surface area contributed by atoms with E-state index in [0.717, 1.165) is 38.3 Å². The highest BCUT2D eigenvalue weighted by Gasteiger charge is 2.06. The fourth-order valence-electron chi connectivity index (χ4n) is 2.20. The van der Waals surface area contributed by atoms with Crippen molar-refractivity contribution in [2.24, 2.45) is 7.05 Å². The number of hydrogen-bond acceptors (Lipinski definition) is 3. The SMILES string of the molecule is CCCNCc1cnc(C)n1CCc1cnn(C)c1. The van der Waals surface area contributed by atoms with Gasteiger partial charge in [-0.3, -0.25) is 4.68 Å². The molecule has 2 aromatic heterocycles. The van der Waals surface area contributed by atoms with E-state index in [1.54, 1.807) is 0 Å². The van der Waals surface area contributed by atoms with Gasteiger partial charge >= 0.3 is 0 Å². The number of rotatable bonds is 7. The Bertz CT molecular complexity index is 512. The lowest BCUT2D eigenvalue weighted by Gasteiger charge is -2.10. The van der Waals surface area contributed by atoms with Crippen molar-refractivity contribution in [1.82, 2.24) is 24.6 Å². The zero-order chi connectivity index (χ0) is 13.7. The Morgan fingerprint density at radius 2 is 2.16 bits per heavy atom. The molecule has 0 unspecified atom stereocenters. The predicted molar refractivity (Wildman–Crippen MR) is 75.9 cm³/mol. The summed E-state index contributed by atoms with van der Waals surface area (Å²) in [6.07, 6.45) is 8.12. The number of imidazole rings is 1. The van der Waals surface area contributed by atoms with Crippen molar-refractivity contribution in [3.8, 4) is 0 Å². The van der Waals surface area contributed by atoms with Crippen LogP contribution in [0.25, 0.3) is 0 Å². The summed E-state index contributed by atoms with van der Waals surface area (Å²) in [5, 5.41) is 7.63. The molecule has 0 bridgehead atoms. The Kier molecular flexibility index (Phi) is 4.74. The molecule has 0 aromatic carbocycles. The van der Waals surface area contributed by atoms with Gasteiger partial charge in [0.2, 0.25) is 0 Å². The first-order valence-corrected chi connectivity index (χ1v) is 6.90. The minimum Gasteiger partial charge on any atom is -0.331 e. The summed E-state index contributed by atoms with van der Waals surface area (Å²) >= 11 is 0. The first kappa shape index (κ1) is 13.8. The highest BCUT2D eigenvalue weighted by Crippen LogP contribution is 2.08. The first-order valence-electron chi connectivity index (χ1n) is 6.90. The van der Waals surface area contributed by atoms with Crippen LogP contribution in [-0.2, 0) is 26.6 Å². The maximum atomic E-state index is 4.41. The van der Waals surface area contributed by atoms with Gasteiger partial charge in [-0.15, -0.1) is 0 Å². The van der Waals surface area contributed by atoms with Gasteiger partial charge in [-0.1, -0.05) is 6.92 Å². The largest absolute Gasteiger partial charge is 0.331 e. The van der Waals surface area contributed by atoms with Crippen LogP contribution in [0.5, 0.6) is 0 Å². The van der Waals surface area contributed by atoms with Gasteiger partial charge in [0.25, 0.3) is 0 Å². The molecule has 2 rings (SSSR count). The average molecular weight is 261 g/mol. The third kappa shape index (κ3) is 3.67. The van der Waals surface area contributed by atoms with Crippen LogP contribution in [0.3, 0.4) is 0 Å². The molecule has 0 aliphatic rings. The normalized spacial score (nSPS) is 11.1. The van der Waals surface area contributed by atoms with Gasteiger partial charge in [0.05, 0.1) is 11.9 Å². The van der Waals surface area contributed by atoms with Crippen molar-refractivity contribution in [2.75, 3.05) is 6.54 Å². The summed E-state index contributed by atoms with van der Waals surface area (Å²) < 4.78 is 4.13. The lowest BCUT2D eigenvalue weighted by molar-refractivity contribution is 0.594. The lowest BCUT2D eigenvalue weighted by atomic mass is 10.2. The fourth-order valence-corrected chi connectivity index (χ4v) is 2.20. The molecule has 5 heteroatoms. The molecule has 19 heavy (non-hydrogen) atoms. The van der Waals surface area contributed by atoms with Crippen LogP contribution in [0.2, 0.25) is 0 Å². The van der Waals surface area contributed by atoms with Gasteiger partial charge < -0.3 is 9.88 Å². The molecule has 0 aliphatic carbocycles. The Balaban J connectivity index is 1.96. The molecule has 104 valence electrons. The standard InChI is InChI=1S/C14H23N5/c1-4-6-15-9-14-10-16-12(2)19(14)7-5-13-8-17-18(3)11-13/h8,10-11,15H,4-7,9H2,1-3H3. The Morgan fingerprint density at radius 3 is 2.84 bits per heavy atom. The number of aryl methyl sites for hydroxylation is 3. The van der Waals surface area contributed by atoms with Crippen LogP contribution in [0, 0.1) is 6.92 Å². The fraction of sp³-hybridized carbons (Fsp3) is 0.571. The molecule has 0 atom stereocenters. The van der Waals surface area contributed by atoms with Crippen molar-refractivity contribution in [1.29, 1.82) is 0 Å². The van der Waals surface area contributed by atoms with Gasteiger partial charge in [0.1, 0.15) is 5.82 Å². The second-order valence-corrected chi connectivity index (χ2v) is 4.90. The Labute approximate surface area is 114 Å². The van der Waals surface area contributed by atoms with E-state index < -0.39 is 0 Å². The van der Waals surface area contributed by atoms with Crippen LogP contribution in [0.4, 0.5) is 0 Å². The van der Waals surface area contributed by atoms with Gasteiger partial charge in [-0.2, -0.15) is 5.10 Å². The molecular formula is C14H23N5. The summed E-state index contributed by atoms with van der Waals surface area (Å²) in [5.41, 5.74) is 2.53. The van der Waals surface area contributed by atoms with E-state index in [4.69, 9.17) is 0 Å². The Hall–Kier alpha value is -1.62. The zero-order valence-corrected chi connectivity index (χ0v) is 12.1. The number of hydrogen-bond donors (Lipinski definition) is 1. The average Bonchev–Trinajstić information content (AvgIpc) is 2.95. The van der Waals surface area contributed by atoms with Crippen molar-refractivity contribution in [3.63, 3.8) is 0 Å². The number of aromatic nitrogens is 4. The molecule has 2 heterocycles. The van der Waals surface area contributed by atoms with Crippen LogP contribution < -0.4 is 5.32 Å². The second kappa shape index (κ2) is 6.52. The highest BCUT2D eigenvalue weighted by molar-refractivity contribution is 5.08. The maximum Gasteiger partial charge on any atom is 0.105 e. The van der Waals surface area contributed by atoms with Crippen molar-refractivity contribution < 1.29 is 0 Å². The monoisotopic (exact) mass is 261 g/mol. The molecule has 0 amide bonds. The molecule has 0 aliphatic heterocycles. The van der Waals surface area contributed by atoms with Crippen LogP contribution in [0.15, 0.2) is 18.6 Å². The minimum atomic E-state index is 0.891. The van der Waals surface area contributed by atoms with Crippen molar-refractivity contribution >= 4 is 0 Å². The van der Waals surface area contributed by atoms with Gasteiger partial charge in [-0.25, -0.2) is 4.98 Å². The topological polar surface area (TPSA) is 47.7 Å². The number of nitrogens with one attached hydrogen (secondary N) is 1. The summed E-state index contributed by atoms with van der Waals surface area (Å²) in [6.45, 7) is 7.14. The van der Waals surface area contributed by atoms with Crippen LogP contribution in [0.1, 0.15) is 30.4 Å². The highest BCUT2D eigenvalue weighted by atomic mass is 15.2. The van der Waals surface area contributed by atoms with E-state index in [1.807, 2.05) is 24.1 Å². The smallest absolute Gasteiger partial charge is 0.105 e. The summed E-state index contributed by atoms with van der Waals surface area (Å²) in [7, 11) is 1.95. The molecule has 0 saturated carbocycles. The van der Waals surface area contributed by atoms with E-state index >= 15 is 0 Å². The second-order valence-electron chi connectivity index (χ2n) is 4.90. The van der Waals surface area contributed by atoms with Crippen molar-refractivity contribution in [3.05, 3.63) is 35.7 Å².